The van der Waals surface area contributed by atoms with Gasteiger partial charge in [0, 0.05) is 5.54 Å². The molecule has 4 heteroatoms. The number of amides is 1. The van der Waals surface area contributed by atoms with E-state index in [9.17, 15) is 9.18 Å². The predicted octanol–water partition coefficient (Wildman–Crippen LogP) is 3.21. The lowest BCUT2D eigenvalue weighted by Gasteiger charge is -2.26. The summed E-state index contributed by atoms with van der Waals surface area (Å²) >= 11 is 0. The average Bonchev–Trinajstić information content (AvgIpc) is 2.34. The predicted molar refractivity (Wildman–Crippen MR) is 73.7 cm³/mol. The normalized spacial score (nSPS) is 12.9. The minimum atomic E-state index is -0.734. The van der Waals surface area contributed by atoms with E-state index in [4.69, 9.17) is 4.74 Å². The Labute approximate surface area is 114 Å². The monoisotopic (exact) mass is 267 g/mol. The first-order valence-electron chi connectivity index (χ1n) is 6.50. The molecule has 1 atom stereocenters. The lowest BCUT2D eigenvalue weighted by molar-refractivity contribution is -0.129. The molecule has 1 amide bonds. The first-order chi connectivity index (χ1) is 8.76. The van der Waals surface area contributed by atoms with Crippen molar-refractivity contribution in [2.45, 2.75) is 52.7 Å². The molecule has 19 heavy (non-hydrogen) atoms. The Balaban J connectivity index is 2.72. The van der Waals surface area contributed by atoms with Gasteiger partial charge >= 0.3 is 0 Å². The maximum Gasteiger partial charge on any atom is 0.261 e. The van der Waals surface area contributed by atoms with Gasteiger partial charge in [0.25, 0.3) is 5.91 Å². The van der Waals surface area contributed by atoms with E-state index in [1.165, 1.54) is 6.07 Å². The van der Waals surface area contributed by atoms with Gasteiger partial charge in [-0.25, -0.2) is 4.39 Å². The molecule has 0 saturated carbocycles. The molecule has 0 aromatic heterocycles. The zero-order valence-electron chi connectivity index (χ0n) is 12.2. The molecule has 0 spiro atoms. The number of aryl methyl sites for hydroxylation is 1. The van der Waals surface area contributed by atoms with Gasteiger partial charge in [-0.1, -0.05) is 19.1 Å². The molecule has 1 rings (SSSR count). The molecule has 0 aliphatic carbocycles. The van der Waals surface area contributed by atoms with Crippen molar-refractivity contribution in [2.75, 3.05) is 0 Å². The second-order valence-corrected chi connectivity index (χ2v) is 5.37. The fraction of sp³-hybridized carbons (Fsp3) is 0.533. The van der Waals surface area contributed by atoms with Gasteiger partial charge in [0.15, 0.2) is 17.7 Å². The van der Waals surface area contributed by atoms with Crippen LogP contribution in [0, 0.1) is 12.7 Å². The number of hydrogen-bond acceptors (Lipinski definition) is 2. The van der Waals surface area contributed by atoms with E-state index in [-0.39, 0.29) is 17.2 Å². The van der Waals surface area contributed by atoms with Crippen LogP contribution in [0.4, 0.5) is 4.39 Å². The van der Waals surface area contributed by atoms with Crippen molar-refractivity contribution in [1.82, 2.24) is 5.32 Å². The van der Waals surface area contributed by atoms with Crippen LogP contribution in [0.25, 0.3) is 0 Å². The Bertz CT molecular complexity index is 457. The fourth-order valence-electron chi connectivity index (χ4n) is 1.48. The molecule has 1 N–H and O–H groups in total. The SMILES string of the molecule is CCC(C)(C)NC(=O)C(C)Oc1cccc(C)c1F. The lowest BCUT2D eigenvalue weighted by Crippen LogP contribution is -2.48. The van der Waals surface area contributed by atoms with E-state index in [1.807, 2.05) is 20.8 Å². The van der Waals surface area contributed by atoms with E-state index in [0.29, 0.717) is 5.56 Å². The molecule has 0 radical (unpaired) electrons. The summed E-state index contributed by atoms with van der Waals surface area (Å²) in [6, 6.07) is 4.89. The van der Waals surface area contributed by atoms with Crippen LogP contribution < -0.4 is 10.1 Å². The Kier molecular flexibility index (Phi) is 4.92. The van der Waals surface area contributed by atoms with Crippen LogP contribution in [0.15, 0.2) is 18.2 Å². The molecule has 0 fully saturated rings. The van der Waals surface area contributed by atoms with Gasteiger partial charge in [-0.15, -0.1) is 0 Å². The van der Waals surface area contributed by atoms with E-state index in [1.54, 1.807) is 26.0 Å². The highest BCUT2D eigenvalue weighted by Gasteiger charge is 2.23. The largest absolute Gasteiger partial charge is 0.478 e. The third-order valence-electron chi connectivity index (χ3n) is 3.17. The maximum atomic E-state index is 13.8. The summed E-state index contributed by atoms with van der Waals surface area (Å²) in [6.07, 6.45) is 0.0756. The van der Waals surface area contributed by atoms with Crippen LogP contribution in [0.3, 0.4) is 0 Å². The topological polar surface area (TPSA) is 38.3 Å². The third kappa shape index (κ3) is 4.23. The number of nitrogens with one attached hydrogen (secondary N) is 1. The van der Waals surface area contributed by atoms with Crippen molar-refractivity contribution in [3.05, 3.63) is 29.6 Å². The van der Waals surface area contributed by atoms with Crippen molar-refractivity contribution in [1.29, 1.82) is 0 Å². The van der Waals surface area contributed by atoms with Crippen molar-refractivity contribution >= 4 is 5.91 Å². The lowest BCUT2D eigenvalue weighted by atomic mass is 10.0. The van der Waals surface area contributed by atoms with E-state index in [2.05, 4.69) is 5.32 Å². The van der Waals surface area contributed by atoms with Crippen LogP contribution in [-0.2, 0) is 4.79 Å². The van der Waals surface area contributed by atoms with Crippen LogP contribution in [0.1, 0.15) is 39.7 Å². The van der Waals surface area contributed by atoms with Crippen molar-refractivity contribution in [3.63, 3.8) is 0 Å². The number of halogens is 1. The number of hydrogen-bond donors (Lipinski definition) is 1. The first-order valence-corrected chi connectivity index (χ1v) is 6.50. The summed E-state index contributed by atoms with van der Waals surface area (Å²) in [5.74, 6) is -0.554. The number of carbonyl (C=O) groups is 1. The number of ether oxygens (including phenoxy) is 1. The number of rotatable bonds is 5. The Morgan fingerprint density at radius 1 is 1.47 bits per heavy atom. The Morgan fingerprint density at radius 2 is 2.11 bits per heavy atom. The van der Waals surface area contributed by atoms with E-state index in [0.717, 1.165) is 6.42 Å². The van der Waals surface area contributed by atoms with Crippen molar-refractivity contribution in [3.8, 4) is 5.75 Å². The van der Waals surface area contributed by atoms with Crippen LogP contribution in [0.2, 0.25) is 0 Å². The average molecular weight is 267 g/mol. The molecule has 1 aromatic rings. The van der Waals surface area contributed by atoms with Gasteiger partial charge in [-0.05, 0) is 45.7 Å². The highest BCUT2D eigenvalue weighted by atomic mass is 19.1. The summed E-state index contributed by atoms with van der Waals surface area (Å²) in [6.45, 7) is 9.14. The zero-order chi connectivity index (χ0) is 14.6. The van der Waals surface area contributed by atoms with Crippen molar-refractivity contribution in [2.24, 2.45) is 0 Å². The van der Waals surface area contributed by atoms with E-state index < -0.39 is 11.9 Å². The third-order valence-corrected chi connectivity index (χ3v) is 3.17. The summed E-state index contributed by atoms with van der Waals surface area (Å²) < 4.78 is 19.2. The summed E-state index contributed by atoms with van der Waals surface area (Å²) in [5.41, 5.74) is 0.207. The van der Waals surface area contributed by atoms with Gasteiger partial charge in [-0.2, -0.15) is 0 Å². The smallest absolute Gasteiger partial charge is 0.261 e. The molecule has 0 heterocycles. The second kappa shape index (κ2) is 6.04. The maximum absolute atomic E-state index is 13.8. The molecule has 3 nitrogen and oxygen atoms in total. The minimum Gasteiger partial charge on any atom is -0.478 e. The molecule has 0 aliphatic heterocycles. The highest BCUT2D eigenvalue weighted by molar-refractivity contribution is 5.81. The summed E-state index contributed by atoms with van der Waals surface area (Å²) in [7, 11) is 0. The molecule has 1 unspecified atom stereocenters. The molecule has 0 aliphatic rings. The summed E-state index contributed by atoms with van der Waals surface area (Å²) in [4.78, 5) is 12.0. The molecule has 1 aromatic carbocycles. The minimum absolute atomic E-state index is 0.108. The van der Waals surface area contributed by atoms with Gasteiger partial charge < -0.3 is 10.1 Å². The highest BCUT2D eigenvalue weighted by Crippen LogP contribution is 2.21. The zero-order valence-corrected chi connectivity index (χ0v) is 12.2. The molecular formula is C15H22FNO2. The molecule has 106 valence electrons. The van der Waals surface area contributed by atoms with E-state index >= 15 is 0 Å². The van der Waals surface area contributed by atoms with Gasteiger partial charge in [-0.3, -0.25) is 4.79 Å². The van der Waals surface area contributed by atoms with Crippen LogP contribution in [0.5, 0.6) is 5.75 Å². The van der Waals surface area contributed by atoms with Crippen LogP contribution >= 0.6 is 0 Å². The number of carbonyl (C=O) groups excluding carboxylic acids is 1. The molecule has 0 saturated heterocycles. The number of benzene rings is 1. The van der Waals surface area contributed by atoms with Gasteiger partial charge in [0.05, 0.1) is 0 Å². The Morgan fingerprint density at radius 3 is 2.68 bits per heavy atom. The van der Waals surface area contributed by atoms with Crippen molar-refractivity contribution < 1.29 is 13.9 Å². The molecular weight excluding hydrogens is 245 g/mol. The van der Waals surface area contributed by atoms with Crippen LogP contribution in [-0.4, -0.2) is 17.6 Å². The Hall–Kier alpha value is -1.58. The fourth-order valence-corrected chi connectivity index (χ4v) is 1.48. The quantitative estimate of drug-likeness (QED) is 0.889. The summed E-state index contributed by atoms with van der Waals surface area (Å²) in [5, 5.41) is 2.87. The first kappa shape index (κ1) is 15.5. The second-order valence-electron chi connectivity index (χ2n) is 5.37. The molecule has 0 bridgehead atoms. The standard InChI is InChI=1S/C15H22FNO2/c1-6-15(4,5)17-14(18)11(3)19-12-9-7-8-10(2)13(12)16/h7-9,11H,6H2,1-5H3,(H,17,18). The van der Waals surface area contributed by atoms with Gasteiger partial charge in [0.1, 0.15) is 0 Å². The van der Waals surface area contributed by atoms with Gasteiger partial charge in [0.2, 0.25) is 0 Å².